The molecule has 5 heteroatoms. The highest BCUT2D eigenvalue weighted by atomic mass is 79.9. The molecule has 1 atom stereocenters. The Labute approximate surface area is 121 Å². The first-order valence-corrected chi connectivity index (χ1v) is 7.55. The van der Waals surface area contributed by atoms with E-state index in [1.807, 2.05) is 12.1 Å². The van der Waals surface area contributed by atoms with Gasteiger partial charge in [0.1, 0.15) is 0 Å². The Morgan fingerprint density at radius 2 is 2.11 bits per heavy atom. The summed E-state index contributed by atoms with van der Waals surface area (Å²) < 4.78 is 0.739. The molecule has 4 nitrogen and oxygen atoms in total. The standard InChI is InChI=1S/C14H19BrN2O2/c15-12-7-5-11(14(9-12)17(18)19)6-8-13(16)10-3-1-2-4-10/h5,7,9-10,13H,1-4,6,8,16H2. The third-order valence-electron chi connectivity index (χ3n) is 4.00. The normalized spacial score (nSPS) is 17.6. The molecule has 1 saturated carbocycles. The fraction of sp³-hybridized carbons (Fsp3) is 0.571. The van der Waals surface area contributed by atoms with E-state index in [2.05, 4.69) is 15.9 Å². The van der Waals surface area contributed by atoms with E-state index >= 15 is 0 Å². The number of aryl methyl sites for hydroxylation is 1. The molecule has 104 valence electrons. The average molecular weight is 327 g/mol. The number of nitro groups is 1. The van der Waals surface area contributed by atoms with Crippen LogP contribution >= 0.6 is 15.9 Å². The molecule has 0 aromatic heterocycles. The molecule has 0 heterocycles. The summed E-state index contributed by atoms with van der Waals surface area (Å²) in [6, 6.07) is 5.41. The second kappa shape index (κ2) is 6.48. The van der Waals surface area contributed by atoms with Crippen molar-refractivity contribution in [3.63, 3.8) is 0 Å². The van der Waals surface area contributed by atoms with Gasteiger partial charge in [-0.15, -0.1) is 0 Å². The third-order valence-corrected chi connectivity index (χ3v) is 4.49. The summed E-state index contributed by atoms with van der Waals surface area (Å²) >= 11 is 3.27. The highest BCUT2D eigenvalue weighted by Gasteiger charge is 2.23. The van der Waals surface area contributed by atoms with Crippen molar-refractivity contribution in [3.05, 3.63) is 38.3 Å². The summed E-state index contributed by atoms with van der Waals surface area (Å²) in [5, 5.41) is 11.0. The van der Waals surface area contributed by atoms with Gasteiger partial charge in [-0.1, -0.05) is 34.8 Å². The van der Waals surface area contributed by atoms with Crippen molar-refractivity contribution in [2.45, 2.75) is 44.6 Å². The molecule has 1 fully saturated rings. The maximum absolute atomic E-state index is 11.0. The summed E-state index contributed by atoms with van der Waals surface area (Å²) in [4.78, 5) is 10.7. The van der Waals surface area contributed by atoms with Crippen LogP contribution in [0.25, 0.3) is 0 Å². The minimum absolute atomic E-state index is 0.172. The molecule has 2 N–H and O–H groups in total. The predicted octanol–water partition coefficient (Wildman–Crippen LogP) is 3.81. The highest BCUT2D eigenvalue weighted by molar-refractivity contribution is 9.10. The van der Waals surface area contributed by atoms with Crippen molar-refractivity contribution < 1.29 is 4.92 Å². The summed E-state index contributed by atoms with van der Waals surface area (Å²) in [6.07, 6.45) is 6.48. The topological polar surface area (TPSA) is 69.2 Å². The molecule has 1 unspecified atom stereocenters. The Bertz CT molecular complexity index is 459. The van der Waals surface area contributed by atoms with E-state index < -0.39 is 0 Å². The Morgan fingerprint density at radius 3 is 2.74 bits per heavy atom. The van der Waals surface area contributed by atoms with Gasteiger partial charge in [-0.05, 0) is 37.7 Å². The predicted molar refractivity (Wildman–Crippen MR) is 79.1 cm³/mol. The lowest BCUT2D eigenvalue weighted by Crippen LogP contribution is -2.28. The number of rotatable bonds is 5. The van der Waals surface area contributed by atoms with Crippen LogP contribution in [0.5, 0.6) is 0 Å². The van der Waals surface area contributed by atoms with Crippen LogP contribution in [-0.2, 0) is 6.42 Å². The smallest absolute Gasteiger partial charge is 0.273 e. The maximum atomic E-state index is 11.0. The van der Waals surface area contributed by atoms with Crippen LogP contribution in [0.2, 0.25) is 0 Å². The molecule has 0 saturated heterocycles. The molecule has 2 rings (SSSR count). The van der Waals surface area contributed by atoms with Crippen molar-refractivity contribution in [2.24, 2.45) is 11.7 Å². The fourth-order valence-electron chi connectivity index (χ4n) is 2.86. The van der Waals surface area contributed by atoms with Crippen LogP contribution in [0.1, 0.15) is 37.7 Å². The molecule has 1 aromatic rings. The summed E-state index contributed by atoms with van der Waals surface area (Å²) in [6.45, 7) is 0. The number of nitrogens with two attached hydrogens (primary N) is 1. The molecule has 0 radical (unpaired) electrons. The van der Waals surface area contributed by atoms with Crippen molar-refractivity contribution in [2.75, 3.05) is 0 Å². The number of benzene rings is 1. The Hall–Kier alpha value is -0.940. The summed E-state index contributed by atoms with van der Waals surface area (Å²) in [5.41, 5.74) is 7.17. The van der Waals surface area contributed by atoms with Gasteiger partial charge in [0.2, 0.25) is 0 Å². The first-order chi connectivity index (χ1) is 9.08. The third kappa shape index (κ3) is 3.76. The molecule has 0 aliphatic heterocycles. The number of hydrogen-bond acceptors (Lipinski definition) is 3. The van der Waals surface area contributed by atoms with E-state index in [0.29, 0.717) is 12.3 Å². The lowest BCUT2D eigenvalue weighted by molar-refractivity contribution is -0.385. The molecule has 0 spiro atoms. The second-order valence-corrected chi connectivity index (χ2v) is 6.19. The average Bonchev–Trinajstić information content (AvgIpc) is 2.90. The van der Waals surface area contributed by atoms with E-state index in [-0.39, 0.29) is 16.7 Å². The van der Waals surface area contributed by atoms with Crippen molar-refractivity contribution in [1.82, 2.24) is 0 Å². The van der Waals surface area contributed by atoms with Crippen LogP contribution in [0, 0.1) is 16.0 Å². The van der Waals surface area contributed by atoms with Gasteiger partial charge in [-0.3, -0.25) is 10.1 Å². The van der Waals surface area contributed by atoms with E-state index in [4.69, 9.17) is 5.73 Å². The van der Waals surface area contributed by atoms with Gasteiger partial charge in [0.05, 0.1) is 4.92 Å². The quantitative estimate of drug-likeness (QED) is 0.660. The summed E-state index contributed by atoms with van der Waals surface area (Å²) in [7, 11) is 0. The number of nitrogens with zero attached hydrogens (tertiary/aromatic N) is 1. The van der Waals surface area contributed by atoms with Gasteiger partial charge in [0.15, 0.2) is 0 Å². The second-order valence-electron chi connectivity index (χ2n) is 5.28. The van der Waals surface area contributed by atoms with Crippen LogP contribution in [0.3, 0.4) is 0 Å². The van der Waals surface area contributed by atoms with Gasteiger partial charge >= 0.3 is 0 Å². The first kappa shape index (κ1) is 14.5. The van der Waals surface area contributed by atoms with Crippen LogP contribution in [0.15, 0.2) is 22.7 Å². The molecule has 1 aliphatic rings. The zero-order valence-electron chi connectivity index (χ0n) is 10.8. The number of halogens is 1. The minimum Gasteiger partial charge on any atom is -0.327 e. The molecule has 1 aromatic carbocycles. The van der Waals surface area contributed by atoms with Crippen LogP contribution < -0.4 is 5.73 Å². The van der Waals surface area contributed by atoms with Gasteiger partial charge in [-0.2, -0.15) is 0 Å². The van der Waals surface area contributed by atoms with Gasteiger partial charge in [0, 0.05) is 22.1 Å². The Kier molecular flexibility index (Phi) is 4.93. The van der Waals surface area contributed by atoms with E-state index in [1.165, 1.54) is 25.7 Å². The molecule has 0 bridgehead atoms. The molecular weight excluding hydrogens is 308 g/mol. The Balaban J connectivity index is 2.00. The van der Waals surface area contributed by atoms with Crippen LogP contribution in [0.4, 0.5) is 5.69 Å². The van der Waals surface area contributed by atoms with Crippen molar-refractivity contribution in [1.29, 1.82) is 0 Å². The Morgan fingerprint density at radius 1 is 1.42 bits per heavy atom. The maximum Gasteiger partial charge on any atom is 0.273 e. The van der Waals surface area contributed by atoms with E-state index in [0.717, 1.165) is 16.5 Å². The molecular formula is C14H19BrN2O2. The monoisotopic (exact) mass is 326 g/mol. The van der Waals surface area contributed by atoms with E-state index in [1.54, 1.807) is 6.07 Å². The zero-order valence-corrected chi connectivity index (χ0v) is 12.4. The van der Waals surface area contributed by atoms with Gasteiger partial charge in [0.25, 0.3) is 5.69 Å². The first-order valence-electron chi connectivity index (χ1n) is 6.76. The lowest BCUT2D eigenvalue weighted by atomic mass is 9.93. The molecule has 0 amide bonds. The lowest BCUT2D eigenvalue weighted by Gasteiger charge is -2.18. The highest BCUT2D eigenvalue weighted by Crippen LogP contribution is 2.30. The zero-order chi connectivity index (χ0) is 13.8. The van der Waals surface area contributed by atoms with Crippen molar-refractivity contribution >= 4 is 21.6 Å². The largest absolute Gasteiger partial charge is 0.327 e. The van der Waals surface area contributed by atoms with Crippen molar-refractivity contribution in [3.8, 4) is 0 Å². The van der Waals surface area contributed by atoms with Gasteiger partial charge < -0.3 is 5.73 Å². The number of hydrogen-bond donors (Lipinski definition) is 1. The number of nitro benzene ring substituents is 1. The molecule has 1 aliphatic carbocycles. The van der Waals surface area contributed by atoms with E-state index in [9.17, 15) is 10.1 Å². The minimum atomic E-state index is -0.318. The van der Waals surface area contributed by atoms with Crippen LogP contribution in [-0.4, -0.2) is 11.0 Å². The summed E-state index contributed by atoms with van der Waals surface area (Å²) in [5.74, 6) is 0.606. The van der Waals surface area contributed by atoms with Gasteiger partial charge in [-0.25, -0.2) is 0 Å². The fourth-order valence-corrected chi connectivity index (χ4v) is 3.21. The molecule has 19 heavy (non-hydrogen) atoms. The SMILES string of the molecule is NC(CCc1ccc(Br)cc1[N+](=O)[O-])C1CCCC1.